The lowest BCUT2D eigenvalue weighted by Gasteiger charge is -2.47. The van der Waals surface area contributed by atoms with Gasteiger partial charge in [-0.3, -0.25) is 33.6 Å². The maximum Gasteiger partial charge on any atom is 0.338 e. The fraction of sp³-hybridized carbons (Fsp3) is 0.514. The van der Waals surface area contributed by atoms with Crippen LogP contribution in [0.1, 0.15) is 58.3 Å². The van der Waals surface area contributed by atoms with E-state index >= 15 is 0 Å². The molecule has 0 aromatic heterocycles. The second-order valence-electron chi connectivity index (χ2n) is 13.1. The van der Waals surface area contributed by atoms with E-state index in [0.29, 0.717) is 0 Å². The topological polar surface area (TPSA) is 299 Å². The van der Waals surface area contributed by atoms with Crippen LogP contribution >= 0.6 is 0 Å². The molecule has 0 bridgehead atoms. The second kappa shape index (κ2) is 19.5. The van der Waals surface area contributed by atoms with Gasteiger partial charge in [-0.05, 0) is 23.6 Å². The van der Waals surface area contributed by atoms with Gasteiger partial charge in [0.2, 0.25) is 17.5 Å². The number of carbonyl (C=O) groups is 7. The van der Waals surface area contributed by atoms with Gasteiger partial charge in [-0.2, -0.15) is 0 Å². The first kappa shape index (κ1) is 45.4. The van der Waals surface area contributed by atoms with Crippen LogP contribution < -0.4 is 10.2 Å². The largest absolute Gasteiger partial charge is 0.504 e. The zero-order valence-electron chi connectivity index (χ0n) is 32.6. The Labute approximate surface area is 334 Å². The molecule has 0 saturated carbocycles. The van der Waals surface area contributed by atoms with Crippen LogP contribution in [0.4, 0.5) is 0 Å². The Bertz CT molecular complexity index is 2030. The summed E-state index contributed by atoms with van der Waals surface area (Å²) >= 11 is 0. The summed E-state index contributed by atoms with van der Waals surface area (Å²) in [5.41, 5.74) is -1.48. The molecule has 0 radical (unpaired) electrons. The average Bonchev–Trinajstić information content (AvgIpc) is 3.25. The number of phenolic OH excluding ortho intramolecular Hbond substituents is 2. The molecule has 2 aromatic rings. The molecular weight excluding hydrogens is 796 g/mol. The molecule has 2 saturated heterocycles. The van der Waals surface area contributed by atoms with Crippen LogP contribution in [0.3, 0.4) is 0 Å². The van der Waals surface area contributed by atoms with E-state index in [0.717, 1.165) is 66.9 Å². The number of benzene rings is 1. The van der Waals surface area contributed by atoms with Crippen molar-refractivity contribution in [3.63, 3.8) is 0 Å². The van der Waals surface area contributed by atoms with E-state index in [1.807, 2.05) is 0 Å². The van der Waals surface area contributed by atoms with Crippen molar-refractivity contribution in [1.82, 2.24) is 0 Å². The summed E-state index contributed by atoms with van der Waals surface area (Å²) in [4.78, 5) is 98.5. The maximum absolute atomic E-state index is 12.9. The number of esters is 7. The first-order valence-corrected chi connectivity index (χ1v) is 17.6. The summed E-state index contributed by atoms with van der Waals surface area (Å²) < 4.78 is 61.1. The van der Waals surface area contributed by atoms with Crippen molar-refractivity contribution >= 4 is 52.6 Å². The Morgan fingerprint density at radius 3 is 1.75 bits per heavy atom. The van der Waals surface area contributed by atoms with Gasteiger partial charge in [0.15, 0.2) is 41.9 Å². The Balaban J connectivity index is 1.80. The first-order valence-electron chi connectivity index (χ1n) is 17.6. The molecule has 0 spiro atoms. The minimum atomic E-state index is -1.82. The van der Waals surface area contributed by atoms with Crippen LogP contribution in [0, 0.1) is 0 Å². The third-order valence-electron chi connectivity index (χ3n) is 8.50. The zero-order valence-corrected chi connectivity index (χ0v) is 32.6. The number of rotatable bonds is 13. The van der Waals surface area contributed by atoms with E-state index in [1.54, 1.807) is 0 Å². The van der Waals surface area contributed by atoms with Crippen molar-refractivity contribution in [3.8, 4) is 23.0 Å². The molecule has 2 aliphatic heterocycles. The molecule has 322 valence electrons. The molecule has 2 fully saturated rings. The van der Waals surface area contributed by atoms with E-state index < -0.39 is 151 Å². The number of methoxy groups -OCH3 is 1. The lowest BCUT2D eigenvalue weighted by molar-refractivity contribution is -0.343. The molecule has 3 N–H and O–H groups in total. The molecule has 4 rings (SSSR count). The first-order chi connectivity index (χ1) is 27.7. The monoisotopic (exact) mass is 838 g/mol. The molecule has 0 aliphatic carbocycles. The molecular formula is C37H42O22. The van der Waals surface area contributed by atoms with Crippen molar-refractivity contribution in [2.75, 3.05) is 20.3 Å². The SMILES string of the molecule is COC(=O)c1cc(O)c(=O)c2c(O)c(O)c(O[C@H]3C[C@@H](OC(C)=O)[C@H](O[C@@H]4O[C@H](COC(C)=O)[C@H](OC(C)=O)[C@H](OC(C)=O)[C@H]4OC(C)=O)[C@@H](COC(C)=O)O3)cc2c1. The summed E-state index contributed by atoms with van der Waals surface area (Å²) in [7, 11) is 1.05. The maximum atomic E-state index is 12.9. The Hall–Kier alpha value is -6.26. The quantitative estimate of drug-likeness (QED) is 0.141. The average molecular weight is 839 g/mol. The molecule has 2 aromatic carbocycles. The van der Waals surface area contributed by atoms with Crippen LogP contribution in [-0.4, -0.2) is 133 Å². The number of hydrogen-bond acceptors (Lipinski definition) is 22. The molecule has 0 unspecified atom stereocenters. The molecule has 2 heterocycles. The van der Waals surface area contributed by atoms with Gasteiger partial charge in [0.05, 0.1) is 18.1 Å². The number of hydrogen-bond donors (Lipinski definition) is 3. The minimum absolute atomic E-state index is 0.213. The van der Waals surface area contributed by atoms with Crippen molar-refractivity contribution in [2.24, 2.45) is 0 Å². The van der Waals surface area contributed by atoms with Gasteiger partial charge < -0.3 is 67.4 Å². The van der Waals surface area contributed by atoms with E-state index in [9.17, 15) is 53.7 Å². The zero-order chi connectivity index (χ0) is 43.9. The molecule has 22 heteroatoms. The molecule has 22 nitrogen and oxygen atoms in total. The Morgan fingerprint density at radius 1 is 0.661 bits per heavy atom. The highest BCUT2D eigenvalue weighted by Gasteiger charge is 2.55. The highest BCUT2D eigenvalue weighted by molar-refractivity contribution is 5.98. The number of fused-ring (bicyclic) bond motifs is 1. The molecule has 9 atom stereocenters. The van der Waals surface area contributed by atoms with Gasteiger partial charge in [0.1, 0.15) is 37.6 Å². The fourth-order valence-corrected chi connectivity index (χ4v) is 6.28. The van der Waals surface area contributed by atoms with Crippen molar-refractivity contribution in [3.05, 3.63) is 34.0 Å². The van der Waals surface area contributed by atoms with Gasteiger partial charge in [-0.1, -0.05) is 0 Å². The molecule has 2 aliphatic rings. The highest BCUT2D eigenvalue weighted by atomic mass is 16.8. The Kier molecular flexibility index (Phi) is 15.0. The third-order valence-corrected chi connectivity index (χ3v) is 8.50. The van der Waals surface area contributed by atoms with Gasteiger partial charge in [-0.15, -0.1) is 0 Å². The second-order valence-corrected chi connectivity index (χ2v) is 13.1. The molecule has 59 heavy (non-hydrogen) atoms. The summed E-state index contributed by atoms with van der Waals surface area (Å²) in [5, 5.41) is 31.3. The number of phenols is 2. The lowest BCUT2D eigenvalue weighted by Crippen LogP contribution is -2.65. The minimum Gasteiger partial charge on any atom is -0.504 e. The highest BCUT2D eigenvalue weighted by Crippen LogP contribution is 2.43. The summed E-state index contributed by atoms with van der Waals surface area (Å²) in [5.74, 6) is -9.78. The van der Waals surface area contributed by atoms with Crippen LogP contribution in [0.2, 0.25) is 0 Å². The van der Waals surface area contributed by atoms with E-state index in [1.165, 1.54) is 0 Å². The van der Waals surface area contributed by atoms with Crippen LogP contribution in [0.5, 0.6) is 23.0 Å². The van der Waals surface area contributed by atoms with Gasteiger partial charge in [0.25, 0.3) is 0 Å². The summed E-state index contributed by atoms with van der Waals surface area (Å²) in [6, 6.07) is 2.89. The lowest BCUT2D eigenvalue weighted by atomic mass is 9.97. The fourth-order valence-electron chi connectivity index (χ4n) is 6.28. The molecule has 0 amide bonds. The smallest absolute Gasteiger partial charge is 0.338 e. The standard InChI is InChI=1S/C37H42O22/c1-14(38)50-12-25-32(59-37-35(55-19(6)43)34(54-18(5)42)33(53-17(4)41)26(58-37)13-51-15(2)39)24(52-16(3)40)11-27(57-25)56-23-10-20-8-21(36(48)49-7)9-22(44)29(45)28(20)31(47)30(23)46/h8-10,24-27,32-35,37,46-47H,11-13H2,1-7H3,(H,44,45)/t24-,25-,26-,27-,32+,33+,34+,35-,37+/m1/s1. The Morgan fingerprint density at radius 2 is 1.20 bits per heavy atom. The van der Waals surface area contributed by atoms with Crippen LogP contribution in [-0.2, 0) is 76.1 Å². The van der Waals surface area contributed by atoms with Crippen molar-refractivity contribution < 1.29 is 101 Å². The number of ether oxygens (including phenoxy) is 11. The normalized spacial score (nSPS) is 25.1. The predicted octanol–water partition coefficient (Wildman–Crippen LogP) is 0.560. The van der Waals surface area contributed by atoms with E-state index in [-0.39, 0.29) is 10.9 Å². The van der Waals surface area contributed by atoms with Gasteiger partial charge >= 0.3 is 41.8 Å². The van der Waals surface area contributed by atoms with E-state index in [4.69, 9.17) is 47.4 Å². The number of aromatic hydroxyl groups is 3. The summed E-state index contributed by atoms with van der Waals surface area (Å²) in [6.07, 6.45) is -14.7. The third kappa shape index (κ3) is 11.4. The van der Waals surface area contributed by atoms with Crippen molar-refractivity contribution in [1.29, 1.82) is 0 Å². The van der Waals surface area contributed by atoms with Crippen LogP contribution in [0.25, 0.3) is 10.8 Å². The summed E-state index contributed by atoms with van der Waals surface area (Å²) in [6.45, 7) is 4.98. The number of carbonyl (C=O) groups excluding carboxylic acids is 7. The van der Waals surface area contributed by atoms with Gasteiger partial charge in [-0.25, -0.2) is 4.79 Å². The van der Waals surface area contributed by atoms with Gasteiger partial charge in [0, 0.05) is 48.0 Å². The predicted molar refractivity (Wildman–Crippen MR) is 189 cm³/mol. The van der Waals surface area contributed by atoms with E-state index in [2.05, 4.69) is 4.74 Å². The van der Waals surface area contributed by atoms with Crippen LogP contribution in [0.15, 0.2) is 23.0 Å². The van der Waals surface area contributed by atoms with Crippen molar-refractivity contribution in [2.45, 2.75) is 103 Å².